The Morgan fingerprint density at radius 3 is 2.47 bits per heavy atom. The summed E-state index contributed by atoms with van der Waals surface area (Å²) >= 11 is 0. The van der Waals surface area contributed by atoms with Crippen molar-refractivity contribution in [3.63, 3.8) is 0 Å². The zero-order chi connectivity index (χ0) is 21.8. The van der Waals surface area contributed by atoms with E-state index < -0.39 is 17.8 Å². The van der Waals surface area contributed by atoms with Crippen molar-refractivity contribution in [1.82, 2.24) is 29.8 Å². The molecule has 0 fully saturated rings. The molecule has 2 N–H and O–H groups in total. The standard InChI is InChI=1S/C20H24N6O4/c1-4-5-14(19(28)29)15(17-21-23-24-22-17)10-12-6-8-13(9-7-12)16-11-25(2)20(30)26(3)18(16)27/h6-9,11,14-15H,4-5,10H2,1-3H3,(H,28,29)(H,21,22,23,24). The van der Waals surface area contributed by atoms with Crippen molar-refractivity contribution < 1.29 is 9.90 Å². The predicted octanol–water partition coefficient (Wildman–Crippen LogP) is 1.09. The SMILES string of the molecule is CCCC(C(=O)O)C(Cc1ccc(-c2cn(C)c(=O)n(C)c2=O)cc1)c1nn[nH]n1. The zero-order valence-corrected chi connectivity index (χ0v) is 17.1. The Kier molecular flexibility index (Phi) is 6.24. The van der Waals surface area contributed by atoms with Gasteiger partial charge >= 0.3 is 11.7 Å². The molecule has 1 aromatic carbocycles. The van der Waals surface area contributed by atoms with Crippen LogP contribution in [0.25, 0.3) is 11.1 Å². The molecular weight excluding hydrogens is 388 g/mol. The van der Waals surface area contributed by atoms with Crippen LogP contribution in [0.4, 0.5) is 0 Å². The Balaban J connectivity index is 1.93. The minimum atomic E-state index is -0.892. The van der Waals surface area contributed by atoms with Gasteiger partial charge in [-0.25, -0.2) is 4.79 Å². The molecule has 0 aliphatic heterocycles. The molecule has 0 saturated heterocycles. The third-order valence-electron chi connectivity index (χ3n) is 5.26. The predicted molar refractivity (Wildman–Crippen MR) is 109 cm³/mol. The van der Waals surface area contributed by atoms with E-state index in [9.17, 15) is 19.5 Å². The number of carboxylic acid groups (broad SMARTS) is 1. The van der Waals surface area contributed by atoms with E-state index in [2.05, 4.69) is 20.6 Å². The molecule has 3 rings (SSSR count). The number of tetrazole rings is 1. The highest BCUT2D eigenvalue weighted by atomic mass is 16.4. The van der Waals surface area contributed by atoms with Gasteiger partial charge in [-0.3, -0.25) is 14.2 Å². The summed E-state index contributed by atoms with van der Waals surface area (Å²) in [5, 5.41) is 23.7. The summed E-state index contributed by atoms with van der Waals surface area (Å²) in [4.78, 5) is 36.2. The summed E-state index contributed by atoms with van der Waals surface area (Å²) < 4.78 is 2.43. The highest BCUT2D eigenvalue weighted by Gasteiger charge is 2.32. The molecule has 0 amide bonds. The molecule has 2 heterocycles. The second-order valence-electron chi connectivity index (χ2n) is 7.31. The molecule has 2 aromatic heterocycles. The van der Waals surface area contributed by atoms with Gasteiger partial charge in [-0.05, 0) is 24.0 Å². The van der Waals surface area contributed by atoms with Crippen molar-refractivity contribution in [2.45, 2.75) is 32.1 Å². The Bertz CT molecular complexity index is 1130. The van der Waals surface area contributed by atoms with Crippen LogP contribution in [-0.4, -0.2) is 40.8 Å². The van der Waals surface area contributed by atoms with Gasteiger partial charge in [-0.1, -0.05) is 42.8 Å². The third-order valence-corrected chi connectivity index (χ3v) is 5.26. The normalized spacial score (nSPS) is 13.2. The van der Waals surface area contributed by atoms with E-state index in [1.807, 2.05) is 19.1 Å². The molecular formula is C20H24N6O4. The first-order valence-electron chi connectivity index (χ1n) is 9.65. The van der Waals surface area contributed by atoms with Gasteiger partial charge in [-0.15, -0.1) is 10.2 Å². The molecule has 0 aliphatic carbocycles. The van der Waals surface area contributed by atoms with Crippen molar-refractivity contribution in [2.75, 3.05) is 0 Å². The quantitative estimate of drug-likeness (QED) is 0.565. The number of hydrogen-bond donors (Lipinski definition) is 2. The van der Waals surface area contributed by atoms with Crippen molar-refractivity contribution in [2.24, 2.45) is 20.0 Å². The highest BCUT2D eigenvalue weighted by molar-refractivity contribution is 5.71. The van der Waals surface area contributed by atoms with Crippen LogP contribution < -0.4 is 11.2 Å². The number of carboxylic acids is 1. The zero-order valence-electron chi connectivity index (χ0n) is 17.1. The fourth-order valence-electron chi connectivity index (χ4n) is 3.63. The lowest BCUT2D eigenvalue weighted by Gasteiger charge is -2.21. The summed E-state index contributed by atoms with van der Waals surface area (Å²) in [5.74, 6) is -1.59. The molecule has 10 heteroatoms. The minimum Gasteiger partial charge on any atom is -0.481 e. The molecule has 3 aromatic rings. The topological polar surface area (TPSA) is 136 Å². The van der Waals surface area contributed by atoms with Gasteiger partial charge in [0.1, 0.15) is 0 Å². The van der Waals surface area contributed by atoms with E-state index in [0.717, 1.165) is 16.6 Å². The summed E-state index contributed by atoms with van der Waals surface area (Å²) in [6, 6.07) is 7.27. The number of aromatic nitrogens is 6. The molecule has 0 radical (unpaired) electrons. The number of benzene rings is 1. The molecule has 2 unspecified atom stereocenters. The van der Waals surface area contributed by atoms with Gasteiger partial charge in [0.2, 0.25) is 0 Å². The van der Waals surface area contributed by atoms with E-state index in [1.54, 1.807) is 19.2 Å². The highest BCUT2D eigenvalue weighted by Crippen LogP contribution is 2.30. The van der Waals surface area contributed by atoms with E-state index in [-0.39, 0.29) is 11.2 Å². The second-order valence-corrected chi connectivity index (χ2v) is 7.31. The maximum atomic E-state index is 12.5. The molecule has 0 bridgehead atoms. The lowest BCUT2D eigenvalue weighted by atomic mass is 9.83. The maximum Gasteiger partial charge on any atom is 0.330 e. The van der Waals surface area contributed by atoms with Crippen molar-refractivity contribution >= 4 is 5.97 Å². The molecule has 30 heavy (non-hydrogen) atoms. The average Bonchev–Trinajstić information content (AvgIpc) is 3.26. The summed E-state index contributed by atoms with van der Waals surface area (Å²) in [6.07, 6.45) is 3.16. The van der Waals surface area contributed by atoms with Gasteiger partial charge < -0.3 is 9.67 Å². The Hall–Kier alpha value is -3.56. The number of aryl methyl sites for hydroxylation is 1. The number of nitrogens with one attached hydrogen (secondary N) is 1. The van der Waals surface area contributed by atoms with E-state index in [4.69, 9.17) is 0 Å². The van der Waals surface area contributed by atoms with E-state index >= 15 is 0 Å². The Labute approximate surface area is 172 Å². The molecule has 0 spiro atoms. The first-order valence-corrected chi connectivity index (χ1v) is 9.65. The van der Waals surface area contributed by atoms with Crippen LogP contribution in [0.2, 0.25) is 0 Å². The van der Waals surface area contributed by atoms with Crippen LogP contribution >= 0.6 is 0 Å². The summed E-state index contributed by atoms with van der Waals surface area (Å²) in [6.45, 7) is 1.94. The lowest BCUT2D eigenvalue weighted by Crippen LogP contribution is -2.37. The number of H-pyrrole nitrogens is 1. The fraction of sp³-hybridized carbons (Fsp3) is 0.400. The number of hydrogen-bond acceptors (Lipinski definition) is 6. The number of nitrogens with zero attached hydrogens (tertiary/aromatic N) is 5. The van der Waals surface area contributed by atoms with Crippen LogP contribution in [0.1, 0.15) is 37.1 Å². The van der Waals surface area contributed by atoms with Crippen LogP contribution in [0.3, 0.4) is 0 Å². The second kappa shape index (κ2) is 8.85. The van der Waals surface area contributed by atoms with Crippen LogP contribution in [0.15, 0.2) is 40.1 Å². The number of aliphatic carboxylic acids is 1. The largest absolute Gasteiger partial charge is 0.481 e. The van der Waals surface area contributed by atoms with Gasteiger partial charge in [0.05, 0.1) is 11.5 Å². The molecule has 2 atom stereocenters. The monoisotopic (exact) mass is 412 g/mol. The lowest BCUT2D eigenvalue weighted by molar-refractivity contribution is -0.142. The van der Waals surface area contributed by atoms with Crippen LogP contribution in [0, 0.1) is 5.92 Å². The van der Waals surface area contributed by atoms with Gasteiger partial charge in [0, 0.05) is 26.2 Å². The Morgan fingerprint density at radius 2 is 1.90 bits per heavy atom. The van der Waals surface area contributed by atoms with Crippen molar-refractivity contribution in [3.8, 4) is 11.1 Å². The first-order chi connectivity index (χ1) is 14.3. The van der Waals surface area contributed by atoms with Crippen molar-refractivity contribution in [3.05, 3.63) is 62.7 Å². The molecule has 10 nitrogen and oxygen atoms in total. The number of carbonyl (C=O) groups is 1. The first kappa shape index (κ1) is 21.2. The minimum absolute atomic E-state index is 0.367. The number of rotatable bonds is 8. The van der Waals surface area contributed by atoms with Crippen LogP contribution in [0.5, 0.6) is 0 Å². The fourth-order valence-corrected chi connectivity index (χ4v) is 3.63. The summed E-state index contributed by atoms with van der Waals surface area (Å²) in [7, 11) is 3.03. The maximum absolute atomic E-state index is 12.5. The molecule has 0 aliphatic rings. The molecule has 158 valence electrons. The third kappa shape index (κ3) is 4.22. The van der Waals surface area contributed by atoms with E-state index in [0.29, 0.717) is 29.8 Å². The van der Waals surface area contributed by atoms with E-state index in [1.165, 1.54) is 17.8 Å². The molecule has 0 saturated carbocycles. The van der Waals surface area contributed by atoms with Gasteiger partial charge in [0.15, 0.2) is 5.82 Å². The van der Waals surface area contributed by atoms with Crippen LogP contribution in [-0.2, 0) is 25.3 Å². The summed E-state index contributed by atoms with van der Waals surface area (Å²) in [5.41, 5.74) is 1.21. The van der Waals surface area contributed by atoms with Gasteiger partial charge in [0.25, 0.3) is 5.56 Å². The van der Waals surface area contributed by atoms with Gasteiger partial charge in [-0.2, -0.15) is 5.21 Å². The number of aromatic amines is 1. The average molecular weight is 412 g/mol. The Morgan fingerprint density at radius 1 is 1.20 bits per heavy atom. The smallest absolute Gasteiger partial charge is 0.330 e. The van der Waals surface area contributed by atoms with Crippen molar-refractivity contribution in [1.29, 1.82) is 0 Å².